The minimum Gasteiger partial charge on any atom is -0.368 e. The number of rotatable bonds is 5. The van der Waals surface area contributed by atoms with Gasteiger partial charge >= 0.3 is 0 Å². The number of thioether (sulfide) groups is 1. The van der Waals surface area contributed by atoms with Crippen molar-refractivity contribution in [2.24, 2.45) is 0 Å². The first-order valence-electron chi connectivity index (χ1n) is 6.04. The summed E-state index contributed by atoms with van der Waals surface area (Å²) < 4.78 is 0. The van der Waals surface area contributed by atoms with Crippen molar-refractivity contribution in [1.82, 2.24) is 15.0 Å². The van der Waals surface area contributed by atoms with E-state index in [4.69, 9.17) is 17.3 Å². The third-order valence-electron chi connectivity index (χ3n) is 2.48. The van der Waals surface area contributed by atoms with Crippen LogP contribution in [0.3, 0.4) is 0 Å². The summed E-state index contributed by atoms with van der Waals surface area (Å²) in [6.45, 7) is 0. The van der Waals surface area contributed by atoms with Gasteiger partial charge in [-0.05, 0) is 17.7 Å². The van der Waals surface area contributed by atoms with Gasteiger partial charge in [-0.15, -0.1) is 11.8 Å². The Kier molecular flexibility index (Phi) is 5.03. The molecule has 2 N–H and O–H groups in total. The van der Waals surface area contributed by atoms with E-state index >= 15 is 0 Å². The van der Waals surface area contributed by atoms with E-state index < -0.39 is 0 Å². The Morgan fingerprint density at radius 3 is 2.70 bits per heavy atom. The molecule has 20 heavy (non-hydrogen) atoms. The molecule has 0 amide bonds. The van der Waals surface area contributed by atoms with Crippen LogP contribution < -0.4 is 10.6 Å². The van der Waals surface area contributed by atoms with Gasteiger partial charge in [-0.1, -0.05) is 23.7 Å². The van der Waals surface area contributed by atoms with Crippen LogP contribution in [-0.2, 0) is 11.5 Å². The van der Waals surface area contributed by atoms with Gasteiger partial charge in [0.15, 0.2) is 0 Å². The van der Waals surface area contributed by atoms with Crippen molar-refractivity contribution in [3.8, 4) is 0 Å². The molecule has 0 saturated carbocycles. The molecular weight excluding hydrogens is 294 g/mol. The van der Waals surface area contributed by atoms with Gasteiger partial charge in [0.2, 0.25) is 11.9 Å². The zero-order valence-corrected chi connectivity index (χ0v) is 12.9. The first-order valence-corrected chi connectivity index (χ1v) is 7.58. The predicted octanol–water partition coefficient (Wildman–Crippen LogP) is 2.61. The van der Waals surface area contributed by atoms with E-state index in [9.17, 15) is 0 Å². The number of nitrogens with two attached hydrogens (primary N) is 1. The molecule has 0 saturated heterocycles. The number of halogens is 1. The lowest BCUT2D eigenvalue weighted by Gasteiger charge is -2.11. The highest BCUT2D eigenvalue weighted by atomic mass is 35.5. The Balaban J connectivity index is 1.97. The molecule has 0 aliphatic rings. The molecule has 5 nitrogen and oxygen atoms in total. The number of benzene rings is 1. The van der Waals surface area contributed by atoms with Crippen LogP contribution in [-0.4, -0.2) is 29.0 Å². The summed E-state index contributed by atoms with van der Waals surface area (Å²) >= 11 is 7.66. The van der Waals surface area contributed by atoms with Gasteiger partial charge in [0.25, 0.3) is 0 Å². The third-order valence-corrected chi connectivity index (χ3v) is 3.71. The molecular formula is C13H16ClN5S. The monoisotopic (exact) mass is 309 g/mol. The molecule has 1 aromatic carbocycles. The molecule has 106 valence electrons. The second-order valence-corrected chi connectivity index (χ2v) is 5.85. The summed E-state index contributed by atoms with van der Waals surface area (Å²) in [6.07, 6.45) is 0. The van der Waals surface area contributed by atoms with E-state index in [0.717, 1.165) is 10.8 Å². The molecule has 2 rings (SSSR count). The summed E-state index contributed by atoms with van der Waals surface area (Å²) in [5.74, 6) is 3.05. The Labute approximate surface area is 127 Å². The molecule has 0 unspecified atom stereocenters. The number of anilines is 2. The van der Waals surface area contributed by atoms with E-state index in [1.165, 1.54) is 5.56 Å². The van der Waals surface area contributed by atoms with Crippen molar-refractivity contribution in [3.05, 3.63) is 40.7 Å². The Hall–Kier alpha value is -1.53. The Bertz CT molecular complexity index is 591. The maximum atomic E-state index is 5.95. The van der Waals surface area contributed by atoms with Crippen LogP contribution in [0.25, 0.3) is 0 Å². The molecule has 7 heteroatoms. The van der Waals surface area contributed by atoms with E-state index in [2.05, 4.69) is 15.0 Å². The summed E-state index contributed by atoms with van der Waals surface area (Å²) in [6, 6.07) is 7.82. The van der Waals surface area contributed by atoms with E-state index in [0.29, 0.717) is 17.5 Å². The molecule has 0 fully saturated rings. The fourth-order valence-electron chi connectivity index (χ4n) is 1.58. The quantitative estimate of drug-likeness (QED) is 0.915. The van der Waals surface area contributed by atoms with E-state index in [1.807, 2.05) is 43.3 Å². The molecule has 0 bridgehead atoms. The van der Waals surface area contributed by atoms with Crippen LogP contribution in [0.2, 0.25) is 5.02 Å². The number of hydrogen-bond donors (Lipinski definition) is 1. The minimum absolute atomic E-state index is 0.252. The fraction of sp³-hybridized carbons (Fsp3) is 0.308. The van der Waals surface area contributed by atoms with Gasteiger partial charge in [-0.25, -0.2) is 0 Å². The van der Waals surface area contributed by atoms with E-state index in [-0.39, 0.29) is 5.95 Å². The van der Waals surface area contributed by atoms with Crippen molar-refractivity contribution in [1.29, 1.82) is 0 Å². The molecule has 1 heterocycles. The normalized spacial score (nSPS) is 10.6. The van der Waals surface area contributed by atoms with Gasteiger partial charge in [0.05, 0.1) is 5.75 Å². The Morgan fingerprint density at radius 1 is 1.20 bits per heavy atom. The smallest absolute Gasteiger partial charge is 0.229 e. The summed E-state index contributed by atoms with van der Waals surface area (Å²) in [5.41, 5.74) is 6.86. The van der Waals surface area contributed by atoms with Crippen LogP contribution in [0.15, 0.2) is 24.3 Å². The number of aromatic nitrogens is 3. The van der Waals surface area contributed by atoms with Crippen LogP contribution >= 0.6 is 23.4 Å². The topological polar surface area (TPSA) is 67.9 Å². The largest absolute Gasteiger partial charge is 0.368 e. The molecule has 2 aromatic rings. The highest BCUT2D eigenvalue weighted by Crippen LogP contribution is 2.19. The lowest BCUT2D eigenvalue weighted by molar-refractivity contribution is 0.919. The standard InChI is InChI=1S/C13H16ClN5S/c1-19(2)13-17-11(16-12(15)18-13)8-20-7-9-4-3-5-10(14)6-9/h3-6H,7-8H2,1-2H3,(H2,15,16,17,18). The van der Waals surface area contributed by atoms with Crippen molar-refractivity contribution >= 4 is 35.3 Å². The summed E-state index contributed by atoms with van der Waals surface area (Å²) in [4.78, 5) is 14.4. The number of hydrogen-bond acceptors (Lipinski definition) is 6. The summed E-state index contributed by atoms with van der Waals surface area (Å²) in [5, 5.41) is 0.752. The zero-order chi connectivity index (χ0) is 14.5. The van der Waals surface area contributed by atoms with Gasteiger partial charge < -0.3 is 10.6 Å². The third kappa shape index (κ3) is 4.25. The minimum atomic E-state index is 0.252. The lowest BCUT2D eigenvalue weighted by Crippen LogP contribution is -2.15. The zero-order valence-electron chi connectivity index (χ0n) is 11.4. The van der Waals surface area contributed by atoms with Crippen molar-refractivity contribution in [2.75, 3.05) is 24.7 Å². The molecule has 0 spiro atoms. The molecule has 1 aromatic heterocycles. The maximum Gasteiger partial charge on any atom is 0.229 e. The average molecular weight is 310 g/mol. The van der Waals surface area contributed by atoms with Crippen LogP contribution in [0, 0.1) is 0 Å². The summed E-state index contributed by atoms with van der Waals surface area (Å²) in [7, 11) is 3.75. The second kappa shape index (κ2) is 6.76. The van der Waals surface area contributed by atoms with Crippen LogP contribution in [0.5, 0.6) is 0 Å². The van der Waals surface area contributed by atoms with Crippen LogP contribution in [0.4, 0.5) is 11.9 Å². The van der Waals surface area contributed by atoms with Crippen LogP contribution in [0.1, 0.15) is 11.4 Å². The highest BCUT2D eigenvalue weighted by Gasteiger charge is 2.06. The Morgan fingerprint density at radius 2 is 2.00 bits per heavy atom. The van der Waals surface area contributed by atoms with E-state index in [1.54, 1.807) is 11.8 Å². The van der Waals surface area contributed by atoms with Gasteiger partial charge in [-0.3, -0.25) is 0 Å². The first kappa shape index (κ1) is 14.9. The number of nitrogens with zero attached hydrogens (tertiary/aromatic N) is 4. The van der Waals surface area contributed by atoms with Crippen molar-refractivity contribution in [2.45, 2.75) is 11.5 Å². The number of nitrogen functional groups attached to an aromatic ring is 1. The van der Waals surface area contributed by atoms with Gasteiger partial charge in [-0.2, -0.15) is 15.0 Å². The molecule has 0 aliphatic heterocycles. The molecule has 0 radical (unpaired) electrons. The van der Waals surface area contributed by atoms with Gasteiger partial charge in [0, 0.05) is 24.9 Å². The average Bonchev–Trinajstić information content (AvgIpc) is 2.38. The lowest BCUT2D eigenvalue weighted by atomic mass is 10.2. The SMILES string of the molecule is CN(C)c1nc(N)nc(CSCc2cccc(Cl)c2)n1. The molecule has 0 aliphatic carbocycles. The molecule has 0 atom stereocenters. The second-order valence-electron chi connectivity index (χ2n) is 4.43. The van der Waals surface area contributed by atoms with Crippen molar-refractivity contribution < 1.29 is 0 Å². The first-order chi connectivity index (χ1) is 9.54. The fourth-order valence-corrected chi connectivity index (χ4v) is 2.62. The predicted molar refractivity (Wildman–Crippen MR) is 85.0 cm³/mol. The van der Waals surface area contributed by atoms with Gasteiger partial charge in [0.1, 0.15) is 5.82 Å². The highest BCUT2D eigenvalue weighted by molar-refractivity contribution is 7.97. The maximum absolute atomic E-state index is 5.95. The van der Waals surface area contributed by atoms with Crippen molar-refractivity contribution in [3.63, 3.8) is 0 Å².